The molecule has 0 aliphatic carbocycles. The quantitative estimate of drug-likeness (QED) is 0.317. The number of ketones is 1. The Bertz CT molecular complexity index is 1740. The number of hydrogen-bond donors (Lipinski definition) is 2. The highest BCUT2D eigenvalue weighted by Gasteiger charge is 2.18. The van der Waals surface area contributed by atoms with Crippen molar-refractivity contribution >= 4 is 28.3 Å². The number of hydrogen-bond acceptors (Lipinski definition) is 8. The molecule has 0 saturated heterocycles. The number of carbonyl (C=O) groups is 1. The van der Waals surface area contributed by atoms with Crippen molar-refractivity contribution in [2.75, 3.05) is 5.32 Å². The number of fused-ring (bicyclic) bond motifs is 1. The normalized spacial score (nSPS) is 11.1. The van der Waals surface area contributed by atoms with Gasteiger partial charge in [-0.25, -0.2) is 9.97 Å². The van der Waals surface area contributed by atoms with Crippen molar-refractivity contribution in [3.8, 4) is 28.3 Å². The molecular formula is C27H21N9O. The first-order chi connectivity index (χ1) is 18.1. The summed E-state index contributed by atoms with van der Waals surface area (Å²) in [5.41, 5.74) is 6.65. The van der Waals surface area contributed by atoms with Gasteiger partial charge in [-0.1, -0.05) is 0 Å². The molecule has 37 heavy (non-hydrogen) atoms. The zero-order valence-electron chi connectivity index (χ0n) is 20.0. The number of nitrogens with zero attached hydrogens (tertiary/aromatic N) is 7. The number of aryl methyl sites for hydroxylation is 1. The lowest BCUT2D eigenvalue weighted by Crippen LogP contribution is -2.05. The van der Waals surface area contributed by atoms with Gasteiger partial charge in [0, 0.05) is 34.8 Å². The molecule has 1 aromatic carbocycles. The highest BCUT2D eigenvalue weighted by atomic mass is 16.1. The molecule has 5 heterocycles. The van der Waals surface area contributed by atoms with E-state index in [4.69, 9.17) is 4.98 Å². The van der Waals surface area contributed by atoms with Crippen LogP contribution in [0.25, 0.3) is 39.4 Å². The Labute approximate surface area is 211 Å². The molecule has 6 aromatic rings. The SMILES string of the molecule is CC(=O)c1ccc(-n2cnc3cc(Nc4ccc(C)nn4)ccc32)nc1-c1cccnc1-c1cn[nH]c1. The Hall–Kier alpha value is -5.25. The number of Topliss-reactive ketones (excluding diaryl/α,β-unsaturated/α-hetero) is 1. The van der Waals surface area contributed by atoms with Crippen LogP contribution in [0.1, 0.15) is 23.0 Å². The van der Waals surface area contributed by atoms with E-state index in [2.05, 4.69) is 35.7 Å². The largest absolute Gasteiger partial charge is 0.339 e. The molecule has 0 aliphatic rings. The van der Waals surface area contributed by atoms with Gasteiger partial charge in [0.15, 0.2) is 11.6 Å². The van der Waals surface area contributed by atoms with Crippen molar-refractivity contribution in [2.24, 2.45) is 0 Å². The number of aromatic amines is 1. The number of nitrogens with one attached hydrogen (secondary N) is 2. The first kappa shape index (κ1) is 22.2. The smallest absolute Gasteiger partial charge is 0.161 e. The van der Waals surface area contributed by atoms with Gasteiger partial charge in [-0.3, -0.25) is 19.4 Å². The molecule has 0 saturated carbocycles. The number of imidazole rings is 1. The van der Waals surface area contributed by atoms with Crippen LogP contribution in [0.2, 0.25) is 0 Å². The lowest BCUT2D eigenvalue weighted by Gasteiger charge is -2.13. The van der Waals surface area contributed by atoms with Crippen molar-refractivity contribution in [1.82, 2.24) is 39.9 Å². The molecular weight excluding hydrogens is 466 g/mol. The van der Waals surface area contributed by atoms with E-state index in [0.717, 1.165) is 33.5 Å². The molecule has 10 nitrogen and oxygen atoms in total. The van der Waals surface area contributed by atoms with E-state index in [1.807, 2.05) is 60.0 Å². The van der Waals surface area contributed by atoms with Gasteiger partial charge in [-0.2, -0.15) is 10.2 Å². The first-order valence-corrected chi connectivity index (χ1v) is 11.6. The fraction of sp³-hybridized carbons (Fsp3) is 0.0741. The Balaban J connectivity index is 1.42. The first-order valence-electron chi connectivity index (χ1n) is 11.6. The average molecular weight is 488 g/mol. The van der Waals surface area contributed by atoms with Crippen molar-refractivity contribution in [3.05, 3.63) is 90.8 Å². The van der Waals surface area contributed by atoms with Crippen LogP contribution in [-0.4, -0.2) is 45.7 Å². The van der Waals surface area contributed by atoms with Gasteiger partial charge in [0.25, 0.3) is 0 Å². The second-order valence-corrected chi connectivity index (χ2v) is 8.51. The summed E-state index contributed by atoms with van der Waals surface area (Å²) in [6.07, 6.45) is 6.89. The zero-order valence-corrected chi connectivity index (χ0v) is 20.0. The van der Waals surface area contributed by atoms with E-state index < -0.39 is 0 Å². The Morgan fingerprint density at radius 1 is 1.00 bits per heavy atom. The average Bonchev–Trinajstić information content (AvgIpc) is 3.60. The molecule has 0 atom stereocenters. The summed E-state index contributed by atoms with van der Waals surface area (Å²) in [5, 5.41) is 18.4. The van der Waals surface area contributed by atoms with Crippen LogP contribution in [0.15, 0.2) is 79.5 Å². The maximum absolute atomic E-state index is 12.5. The number of carbonyl (C=O) groups excluding carboxylic acids is 1. The van der Waals surface area contributed by atoms with Gasteiger partial charge < -0.3 is 5.32 Å². The van der Waals surface area contributed by atoms with E-state index in [1.54, 1.807) is 31.0 Å². The van der Waals surface area contributed by atoms with Crippen LogP contribution in [0.4, 0.5) is 11.5 Å². The van der Waals surface area contributed by atoms with Crippen LogP contribution in [0.3, 0.4) is 0 Å². The molecule has 5 aromatic heterocycles. The van der Waals surface area contributed by atoms with Gasteiger partial charge >= 0.3 is 0 Å². The van der Waals surface area contributed by atoms with Crippen molar-refractivity contribution in [1.29, 1.82) is 0 Å². The fourth-order valence-electron chi connectivity index (χ4n) is 4.17. The summed E-state index contributed by atoms with van der Waals surface area (Å²) in [6, 6.07) is 17.0. The molecule has 0 aliphatic heterocycles. The van der Waals surface area contributed by atoms with Gasteiger partial charge in [0.2, 0.25) is 0 Å². The predicted octanol–water partition coefficient (Wildman–Crippen LogP) is 4.92. The van der Waals surface area contributed by atoms with Gasteiger partial charge in [-0.05, 0) is 68.4 Å². The molecule has 0 amide bonds. The zero-order chi connectivity index (χ0) is 25.4. The van der Waals surface area contributed by atoms with E-state index in [1.165, 1.54) is 6.92 Å². The summed E-state index contributed by atoms with van der Waals surface area (Å²) in [5.74, 6) is 1.21. The minimum absolute atomic E-state index is 0.0820. The fourth-order valence-corrected chi connectivity index (χ4v) is 4.17. The number of anilines is 2. The number of benzene rings is 1. The van der Waals surface area contributed by atoms with Crippen LogP contribution in [-0.2, 0) is 0 Å². The van der Waals surface area contributed by atoms with Crippen molar-refractivity contribution in [3.63, 3.8) is 0 Å². The minimum Gasteiger partial charge on any atom is -0.339 e. The van der Waals surface area contributed by atoms with Crippen LogP contribution in [0.5, 0.6) is 0 Å². The molecule has 0 fully saturated rings. The van der Waals surface area contributed by atoms with E-state index >= 15 is 0 Å². The van der Waals surface area contributed by atoms with Crippen LogP contribution >= 0.6 is 0 Å². The van der Waals surface area contributed by atoms with Crippen molar-refractivity contribution < 1.29 is 4.79 Å². The Morgan fingerprint density at radius 2 is 1.92 bits per heavy atom. The second-order valence-electron chi connectivity index (χ2n) is 8.51. The van der Waals surface area contributed by atoms with E-state index in [-0.39, 0.29) is 5.78 Å². The van der Waals surface area contributed by atoms with E-state index in [0.29, 0.717) is 28.6 Å². The maximum Gasteiger partial charge on any atom is 0.161 e. The maximum atomic E-state index is 12.5. The molecule has 0 unspecified atom stereocenters. The second kappa shape index (κ2) is 9.08. The third kappa shape index (κ3) is 4.20. The summed E-state index contributed by atoms with van der Waals surface area (Å²) >= 11 is 0. The molecule has 180 valence electrons. The molecule has 6 rings (SSSR count). The van der Waals surface area contributed by atoms with Gasteiger partial charge in [0.1, 0.15) is 12.1 Å². The third-order valence-corrected chi connectivity index (χ3v) is 5.96. The topological polar surface area (TPSA) is 127 Å². The van der Waals surface area contributed by atoms with E-state index in [9.17, 15) is 4.79 Å². The number of rotatable bonds is 6. The Morgan fingerprint density at radius 3 is 2.70 bits per heavy atom. The molecule has 0 bridgehead atoms. The van der Waals surface area contributed by atoms with Crippen LogP contribution < -0.4 is 5.32 Å². The van der Waals surface area contributed by atoms with Gasteiger partial charge in [-0.15, -0.1) is 5.10 Å². The van der Waals surface area contributed by atoms with Crippen molar-refractivity contribution in [2.45, 2.75) is 13.8 Å². The predicted molar refractivity (Wildman–Crippen MR) is 140 cm³/mol. The third-order valence-electron chi connectivity index (χ3n) is 5.96. The number of pyridine rings is 2. The number of aromatic nitrogens is 8. The molecule has 10 heteroatoms. The standard InChI is InChI=1S/C27H21N9O/c1-16-5-9-24(35-34-16)32-19-6-8-23-22(12-19)29-15-36(23)25-10-7-20(17(2)37)27(33-25)21-4-3-11-28-26(21)18-13-30-31-14-18/h3-15H,1-2H3,(H,30,31)(H,32,35). The van der Waals surface area contributed by atoms with Crippen LogP contribution in [0, 0.1) is 6.92 Å². The monoisotopic (exact) mass is 487 g/mol. The molecule has 0 radical (unpaired) electrons. The highest BCUT2D eigenvalue weighted by Crippen LogP contribution is 2.32. The Kier molecular flexibility index (Phi) is 5.45. The number of H-pyrrole nitrogens is 1. The summed E-state index contributed by atoms with van der Waals surface area (Å²) < 4.78 is 1.89. The minimum atomic E-state index is -0.0820. The summed E-state index contributed by atoms with van der Waals surface area (Å²) in [6.45, 7) is 3.43. The highest BCUT2D eigenvalue weighted by molar-refractivity contribution is 6.01. The lowest BCUT2D eigenvalue weighted by molar-refractivity contribution is 0.101. The molecule has 2 N–H and O–H groups in total. The molecule has 0 spiro atoms. The van der Waals surface area contributed by atoms with Gasteiger partial charge in [0.05, 0.1) is 34.3 Å². The summed E-state index contributed by atoms with van der Waals surface area (Å²) in [4.78, 5) is 26.6. The lowest BCUT2D eigenvalue weighted by atomic mass is 9.99. The summed E-state index contributed by atoms with van der Waals surface area (Å²) in [7, 11) is 0.